The summed E-state index contributed by atoms with van der Waals surface area (Å²) < 4.78 is 74.3. The Morgan fingerprint density at radius 3 is 2.19 bits per heavy atom. The zero-order valence-electron chi connectivity index (χ0n) is 15.8. The van der Waals surface area contributed by atoms with E-state index >= 15 is 0 Å². The predicted octanol–water partition coefficient (Wildman–Crippen LogP) is 6.76. The van der Waals surface area contributed by atoms with E-state index in [4.69, 9.17) is 27.6 Å². The Kier molecular flexibility index (Phi) is 5.56. The van der Waals surface area contributed by atoms with Crippen LogP contribution in [0.15, 0.2) is 45.4 Å². The van der Waals surface area contributed by atoms with E-state index in [-0.39, 0.29) is 22.1 Å². The third-order valence-electron chi connectivity index (χ3n) is 4.57. The first-order chi connectivity index (χ1) is 15.1. The molecule has 0 radical (unpaired) electrons. The number of carbonyl (C=O) groups is 1. The Morgan fingerprint density at radius 2 is 1.56 bits per heavy atom. The van der Waals surface area contributed by atoms with Crippen LogP contribution in [-0.2, 0) is 4.79 Å². The van der Waals surface area contributed by atoms with Crippen LogP contribution in [0.3, 0.4) is 0 Å². The molecule has 32 heavy (non-hydrogen) atoms. The molecule has 0 saturated heterocycles. The molecule has 4 nitrogen and oxygen atoms in total. The van der Waals surface area contributed by atoms with E-state index in [1.54, 1.807) is 18.2 Å². The number of furan rings is 1. The van der Waals surface area contributed by atoms with Gasteiger partial charge in [0.1, 0.15) is 17.2 Å². The zero-order valence-corrected chi connectivity index (χ0v) is 17.3. The third-order valence-corrected chi connectivity index (χ3v) is 5.12. The van der Waals surface area contributed by atoms with Gasteiger partial charge in [-0.3, -0.25) is 4.79 Å². The molecule has 2 aromatic carbocycles. The number of nitrogens with zero attached hydrogens (tertiary/aromatic N) is 2. The molecule has 0 unspecified atom stereocenters. The van der Waals surface area contributed by atoms with Crippen molar-refractivity contribution in [2.24, 2.45) is 5.10 Å². The Hall–Kier alpha value is -3.17. The van der Waals surface area contributed by atoms with Gasteiger partial charge in [-0.25, -0.2) is 22.0 Å². The van der Waals surface area contributed by atoms with Crippen molar-refractivity contribution in [1.29, 1.82) is 0 Å². The molecule has 1 aliphatic heterocycles. The molecular formula is C21H9Cl2F5N2O2. The Labute approximate surface area is 187 Å². The summed E-state index contributed by atoms with van der Waals surface area (Å²) in [4.78, 5) is 12.7. The molecule has 1 aliphatic rings. The fourth-order valence-corrected chi connectivity index (χ4v) is 3.52. The zero-order chi connectivity index (χ0) is 23.3. The monoisotopic (exact) mass is 486 g/mol. The van der Waals surface area contributed by atoms with Crippen LogP contribution in [0.1, 0.15) is 12.7 Å². The first kappa shape index (κ1) is 22.0. The quantitative estimate of drug-likeness (QED) is 0.178. The summed E-state index contributed by atoms with van der Waals surface area (Å²) in [5.41, 5.74) is -1.15. The lowest BCUT2D eigenvalue weighted by molar-refractivity contribution is -0.114. The summed E-state index contributed by atoms with van der Waals surface area (Å²) in [5, 5.41) is 4.52. The summed E-state index contributed by atoms with van der Waals surface area (Å²) in [6.45, 7) is 1.33. The van der Waals surface area contributed by atoms with E-state index in [0.29, 0.717) is 21.4 Å². The second kappa shape index (κ2) is 8.07. The number of anilines is 1. The van der Waals surface area contributed by atoms with Gasteiger partial charge in [-0.1, -0.05) is 23.2 Å². The van der Waals surface area contributed by atoms with Gasteiger partial charge in [0, 0.05) is 10.6 Å². The van der Waals surface area contributed by atoms with Gasteiger partial charge >= 0.3 is 0 Å². The van der Waals surface area contributed by atoms with Crippen molar-refractivity contribution in [2.75, 3.05) is 5.01 Å². The van der Waals surface area contributed by atoms with Crippen molar-refractivity contribution in [3.8, 4) is 11.3 Å². The van der Waals surface area contributed by atoms with E-state index in [1.165, 1.54) is 25.1 Å². The van der Waals surface area contributed by atoms with E-state index in [9.17, 15) is 26.7 Å². The van der Waals surface area contributed by atoms with Crippen molar-refractivity contribution in [3.05, 3.63) is 80.8 Å². The van der Waals surface area contributed by atoms with Crippen LogP contribution >= 0.6 is 23.2 Å². The normalized spacial score (nSPS) is 15.1. The number of amides is 1. The highest BCUT2D eigenvalue weighted by molar-refractivity contribution is 6.36. The Bertz CT molecular complexity index is 1320. The standard InChI is InChI=1S/C21H9Cl2F5N2O2/c1-8-12(7-10-3-5-14(32-10)11-4-2-9(22)6-13(11)23)21(31)30(29-8)20-18(27)16(25)15(24)17(26)19(20)28/h2-7H,1H3/b12-7-. The van der Waals surface area contributed by atoms with Crippen LogP contribution in [-0.4, -0.2) is 11.6 Å². The van der Waals surface area contributed by atoms with Crippen LogP contribution in [0.5, 0.6) is 0 Å². The molecule has 0 saturated carbocycles. The molecule has 0 aliphatic carbocycles. The number of hydrogen-bond acceptors (Lipinski definition) is 3. The molecule has 0 N–H and O–H groups in total. The smallest absolute Gasteiger partial charge is 0.280 e. The molecule has 3 aromatic rings. The van der Waals surface area contributed by atoms with Gasteiger partial charge in [-0.05, 0) is 43.3 Å². The molecule has 1 amide bonds. The maximum Gasteiger partial charge on any atom is 0.280 e. The molecule has 1 aromatic heterocycles. The molecule has 11 heteroatoms. The van der Waals surface area contributed by atoms with Crippen LogP contribution in [0.2, 0.25) is 10.0 Å². The molecule has 164 valence electrons. The topological polar surface area (TPSA) is 45.8 Å². The van der Waals surface area contributed by atoms with Crippen molar-refractivity contribution in [1.82, 2.24) is 0 Å². The fourth-order valence-electron chi connectivity index (χ4n) is 3.02. The van der Waals surface area contributed by atoms with Crippen molar-refractivity contribution in [3.63, 3.8) is 0 Å². The highest BCUT2D eigenvalue weighted by Crippen LogP contribution is 2.35. The second-order valence-electron chi connectivity index (χ2n) is 6.61. The molecule has 0 bridgehead atoms. The van der Waals surface area contributed by atoms with Gasteiger partial charge in [-0.15, -0.1) is 0 Å². The number of benzene rings is 2. The van der Waals surface area contributed by atoms with Gasteiger partial charge in [0.25, 0.3) is 5.91 Å². The van der Waals surface area contributed by atoms with Crippen molar-refractivity contribution in [2.45, 2.75) is 6.92 Å². The first-order valence-corrected chi connectivity index (χ1v) is 9.54. The fraction of sp³-hybridized carbons (Fsp3) is 0.0476. The lowest BCUT2D eigenvalue weighted by atomic mass is 10.1. The second-order valence-corrected chi connectivity index (χ2v) is 7.45. The molecule has 0 atom stereocenters. The van der Waals surface area contributed by atoms with E-state index < -0.39 is 40.7 Å². The maximum atomic E-state index is 14.1. The first-order valence-electron chi connectivity index (χ1n) is 8.78. The molecule has 0 spiro atoms. The minimum absolute atomic E-state index is 0.0265. The number of hydrogen-bond donors (Lipinski definition) is 0. The number of carbonyl (C=O) groups excluding carboxylic acids is 1. The van der Waals surface area contributed by atoms with Crippen LogP contribution < -0.4 is 5.01 Å². The number of hydrazone groups is 1. The molecule has 0 fully saturated rings. The Balaban J connectivity index is 1.71. The number of halogens is 7. The van der Waals surface area contributed by atoms with Gasteiger partial charge in [-0.2, -0.15) is 10.1 Å². The summed E-state index contributed by atoms with van der Waals surface area (Å²) in [5.74, 6) is -11.7. The highest BCUT2D eigenvalue weighted by atomic mass is 35.5. The highest BCUT2D eigenvalue weighted by Gasteiger charge is 2.37. The number of rotatable bonds is 3. The SMILES string of the molecule is CC1=NN(c2c(F)c(F)c(F)c(F)c2F)C(=O)/C1=C\c1ccc(-c2ccc(Cl)cc2Cl)o1. The van der Waals surface area contributed by atoms with Crippen LogP contribution in [0.25, 0.3) is 17.4 Å². The van der Waals surface area contributed by atoms with Gasteiger partial charge < -0.3 is 4.42 Å². The predicted molar refractivity (Wildman–Crippen MR) is 109 cm³/mol. The van der Waals surface area contributed by atoms with E-state index in [2.05, 4.69) is 5.10 Å². The van der Waals surface area contributed by atoms with Gasteiger partial charge in [0.2, 0.25) is 5.82 Å². The minimum atomic E-state index is -2.34. The summed E-state index contributed by atoms with van der Waals surface area (Å²) in [6, 6.07) is 7.80. The van der Waals surface area contributed by atoms with Gasteiger partial charge in [0.15, 0.2) is 23.3 Å². The molecular weight excluding hydrogens is 478 g/mol. The molecule has 4 rings (SSSR count). The van der Waals surface area contributed by atoms with Crippen LogP contribution in [0.4, 0.5) is 27.6 Å². The van der Waals surface area contributed by atoms with E-state index in [1.807, 2.05) is 0 Å². The average molecular weight is 487 g/mol. The van der Waals surface area contributed by atoms with Crippen molar-refractivity contribution >= 4 is 46.6 Å². The maximum absolute atomic E-state index is 14.1. The Morgan fingerprint density at radius 1 is 0.938 bits per heavy atom. The third kappa shape index (κ3) is 3.57. The average Bonchev–Trinajstić information content (AvgIpc) is 3.31. The molecule has 2 heterocycles. The lowest BCUT2D eigenvalue weighted by Gasteiger charge is -2.14. The summed E-state index contributed by atoms with van der Waals surface area (Å²) >= 11 is 12.0. The van der Waals surface area contributed by atoms with Crippen molar-refractivity contribution < 1.29 is 31.2 Å². The summed E-state index contributed by atoms with van der Waals surface area (Å²) in [7, 11) is 0. The minimum Gasteiger partial charge on any atom is -0.457 e. The van der Waals surface area contributed by atoms with Crippen LogP contribution in [0, 0.1) is 29.1 Å². The van der Waals surface area contributed by atoms with Gasteiger partial charge in [0.05, 0.1) is 16.3 Å². The van der Waals surface area contributed by atoms with E-state index in [0.717, 1.165) is 0 Å². The lowest BCUT2D eigenvalue weighted by Crippen LogP contribution is -2.25. The summed E-state index contributed by atoms with van der Waals surface area (Å²) in [6.07, 6.45) is 1.22. The largest absolute Gasteiger partial charge is 0.457 e.